The van der Waals surface area contributed by atoms with Crippen molar-refractivity contribution in [3.05, 3.63) is 56.5 Å². The predicted molar refractivity (Wildman–Crippen MR) is 103 cm³/mol. The number of nitrogens with one attached hydrogen (secondary N) is 2. The van der Waals surface area contributed by atoms with E-state index in [9.17, 15) is 4.79 Å². The maximum atomic E-state index is 12.3. The average Bonchev–Trinajstić information content (AvgIpc) is 3.00. The number of carbonyl (C=O) groups excluding carboxylic acids is 1. The van der Waals surface area contributed by atoms with Crippen LogP contribution in [0.3, 0.4) is 0 Å². The van der Waals surface area contributed by atoms with E-state index >= 15 is 0 Å². The normalized spacial score (nSPS) is 11.4. The fraction of sp³-hybridized carbons (Fsp3) is 0.118. The monoisotopic (exact) mass is 411 g/mol. The summed E-state index contributed by atoms with van der Waals surface area (Å²) in [7, 11) is 0. The molecule has 0 aliphatic heterocycles. The maximum absolute atomic E-state index is 12.3. The highest BCUT2D eigenvalue weighted by Crippen LogP contribution is 2.32. The number of fused-ring (bicyclic) bond motifs is 1. The minimum absolute atomic E-state index is 0.0109. The quantitative estimate of drug-likeness (QED) is 0.383. The number of benzene rings is 1. The minimum atomic E-state index is -0.609. The summed E-state index contributed by atoms with van der Waals surface area (Å²) >= 11 is 17.8. The highest BCUT2D eigenvalue weighted by Gasteiger charge is 2.25. The molecule has 134 valence electrons. The number of pyridine rings is 1. The van der Waals surface area contributed by atoms with E-state index in [2.05, 4.69) is 15.5 Å². The SMILES string of the molecule is CCc1oc2ccccc2c1/C=N/NC(=O)c1[nH+]c(Cl)c(Cl)c(N)c1Cl. The van der Waals surface area contributed by atoms with E-state index in [1.807, 2.05) is 31.2 Å². The van der Waals surface area contributed by atoms with Gasteiger partial charge in [0.05, 0.1) is 11.9 Å². The Hall–Kier alpha value is -2.28. The number of aromatic amines is 1. The molecule has 4 N–H and O–H groups in total. The molecule has 26 heavy (non-hydrogen) atoms. The second-order valence-electron chi connectivity index (χ2n) is 5.34. The molecule has 3 aromatic rings. The van der Waals surface area contributed by atoms with E-state index in [4.69, 9.17) is 45.0 Å². The average molecular weight is 413 g/mol. The molecular formula is C17H14Cl3N4O2+. The molecule has 0 aliphatic carbocycles. The van der Waals surface area contributed by atoms with Crippen LogP contribution in [0.2, 0.25) is 15.2 Å². The smallest absolute Gasteiger partial charge is 0.337 e. The van der Waals surface area contributed by atoms with Gasteiger partial charge in [0.2, 0.25) is 0 Å². The van der Waals surface area contributed by atoms with Gasteiger partial charge in [0.1, 0.15) is 21.4 Å². The number of halogens is 3. The molecule has 0 fully saturated rings. The zero-order chi connectivity index (χ0) is 18.8. The van der Waals surface area contributed by atoms with Gasteiger partial charge in [-0.05, 0) is 17.7 Å². The number of nitrogen functional groups attached to an aromatic ring is 1. The van der Waals surface area contributed by atoms with Crippen molar-refractivity contribution in [1.82, 2.24) is 5.43 Å². The van der Waals surface area contributed by atoms with Crippen LogP contribution in [0.4, 0.5) is 5.69 Å². The van der Waals surface area contributed by atoms with Crippen LogP contribution in [0.25, 0.3) is 11.0 Å². The van der Waals surface area contributed by atoms with Gasteiger partial charge in [-0.1, -0.05) is 48.3 Å². The summed E-state index contributed by atoms with van der Waals surface area (Å²) in [6, 6.07) is 7.59. The molecule has 0 saturated carbocycles. The first kappa shape index (κ1) is 18.5. The van der Waals surface area contributed by atoms with Crippen LogP contribution in [0.15, 0.2) is 33.8 Å². The molecule has 2 heterocycles. The number of anilines is 1. The number of amides is 1. The zero-order valence-electron chi connectivity index (χ0n) is 13.6. The Morgan fingerprint density at radius 3 is 2.77 bits per heavy atom. The molecule has 2 aromatic heterocycles. The van der Waals surface area contributed by atoms with Gasteiger partial charge in [0.15, 0.2) is 0 Å². The number of carbonyl (C=O) groups is 1. The molecular weight excluding hydrogens is 399 g/mol. The lowest BCUT2D eigenvalue weighted by atomic mass is 10.1. The van der Waals surface area contributed by atoms with Crippen LogP contribution in [0.1, 0.15) is 28.7 Å². The first-order chi connectivity index (χ1) is 12.4. The Bertz CT molecular complexity index is 1030. The van der Waals surface area contributed by atoms with Crippen molar-refractivity contribution in [2.24, 2.45) is 5.10 Å². The van der Waals surface area contributed by atoms with Gasteiger partial charge in [-0.15, -0.1) is 0 Å². The van der Waals surface area contributed by atoms with Gasteiger partial charge >= 0.3 is 5.91 Å². The van der Waals surface area contributed by atoms with Crippen molar-refractivity contribution in [2.75, 3.05) is 5.73 Å². The van der Waals surface area contributed by atoms with Crippen molar-refractivity contribution >= 4 is 63.6 Å². The van der Waals surface area contributed by atoms with Crippen molar-refractivity contribution in [1.29, 1.82) is 0 Å². The summed E-state index contributed by atoms with van der Waals surface area (Å²) in [6.45, 7) is 1.97. The van der Waals surface area contributed by atoms with Crippen LogP contribution < -0.4 is 16.1 Å². The first-order valence-corrected chi connectivity index (χ1v) is 8.76. The van der Waals surface area contributed by atoms with Gasteiger partial charge < -0.3 is 10.2 Å². The Morgan fingerprint density at radius 1 is 1.31 bits per heavy atom. The van der Waals surface area contributed by atoms with E-state index in [1.54, 1.807) is 0 Å². The Kier molecular flexibility index (Phi) is 5.36. The van der Waals surface area contributed by atoms with Crippen molar-refractivity contribution in [3.63, 3.8) is 0 Å². The van der Waals surface area contributed by atoms with Crippen LogP contribution in [-0.4, -0.2) is 12.1 Å². The highest BCUT2D eigenvalue weighted by atomic mass is 35.5. The summed E-state index contributed by atoms with van der Waals surface area (Å²) in [5, 5.41) is 4.93. The lowest BCUT2D eigenvalue weighted by Crippen LogP contribution is -2.28. The molecule has 1 aromatic carbocycles. The van der Waals surface area contributed by atoms with E-state index in [-0.39, 0.29) is 26.6 Å². The topological polar surface area (TPSA) is 94.8 Å². The second kappa shape index (κ2) is 7.53. The van der Waals surface area contributed by atoms with Crippen molar-refractivity contribution < 1.29 is 14.2 Å². The number of hydrogen-bond acceptors (Lipinski definition) is 4. The molecule has 0 saturated heterocycles. The molecule has 9 heteroatoms. The predicted octanol–water partition coefficient (Wildman–Crippen LogP) is 4.12. The third-order valence-electron chi connectivity index (χ3n) is 3.74. The Balaban J connectivity index is 1.87. The summed E-state index contributed by atoms with van der Waals surface area (Å²) in [4.78, 5) is 14.9. The molecule has 0 unspecified atom stereocenters. The van der Waals surface area contributed by atoms with Gasteiger partial charge in [0.25, 0.3) is 10.8 Å². The molecule has 3 rings (SSSR count). The molecule has 6 nitrogen and oxygen atoms in total. The number of para-hydroxylation sites is 1. The maximum Gasteiger partial charge on any atom is 0.337 e. The minimum Gasteiger partial charge on any atom is -0.460 e. The van der Waals surface area contributed by atoms with Crippen LogP contribution in [0.5, 0.6) is 0 Å². The first-order valence-electron chi connectivity index (χ1n) is 7.63. The molecule has 0 radical (unpaired) electrons. The number of furan rings is 1. The fourth-order valence-corrected chi connectivity index (χ4v) is 3.07. The van der Waals surface area contributed by atoms with E-state index in [1.165, 1.54) is 6.21 Å². The van der Waals surface area contributed by atoms with E-state index in [0.717, 1.165) is 22.3 Å². The standard InChI is InChI=1S/C17H13Cl3N4O2/c1-2-10-9(8-5-3-4-6-11(8)26-10)7-22-24-17(25)15-12(18)14(21)13(19)16(20)23-15/h3-7H,2H2,1H3,(H2,21,23)(H,24,25)/p+1/b22-7+. The zero-order valence-corrected chi connectivity index (χ0v) is 15.8. The van der Waals surface area contributed by atoms with Crippen LogP contribution in [-0.2, 0) is 6.42 Å². The van der Waals surface area contributed by atoms with Crippen LogP contribution in [0, 0.1) is 0 Å². The molecule has 0 aliphatic rings. The van der Waals surface area contributed by atoms with Crippen molar-refractivity contribution in [2.45, 2.75) is 13.3 Å². The lowest BCUT2D eigenvalue weighted by molar-refractivity contribution is -0.379. The molecule has 0 bridgehead atoms. The summed E-state index contributed by atoms with van der Waals surface area (Å²) in [6.07, 6.45) is 2.21. The number of rotatable bonds is 4. The van der Waals surface area contributed by atoms with Gasteiger partial charge in [0, 0.05) is 17.4 Å². The van der Waals surface area contributed by atoms with Crippen molar-refractivity contribution in [3.8, 4) is 0 Å². The highest BCUT2D eigenvalue weighted by molar-refractivity contribution is 6.45. The number of nitrogens with two attached hydrogens (primary N) is 1. The van der Waals surface area contributed by atoms with Crippen LogP contribution >= 0.6 is 34.8 Å². The Morgan fingerprint density at radius 2 is 2.04 bits per heavy atom. The second-order valence-corrected chi connectivity index (χ2v) is 6.48. The third-order valence-corrected chi connectivity index (χ3v) is 4.90. The molecule has 1 amide bonds. The number of aryl methyl sites for hydroxylation is 1. The summed E-state index contributed by atoms with van der Waals surface area (Å²) in [5.74, 6) is 0.162. The van der Waals surface area contributed by atoms with Gasteiger partial charge in [-0.25, -0.2) is 5.43 Å². The number of aromatic nitrogens is 1. The third kappa shape index (κ3) is 3.35. The summed E-state index contributed by atoms with van der Waals surface area (Å²) < 4.78 is 5.77. The number of hydrazone groups is 1. The lowest BCUT2D eigenvalue weighted by Gasteiger charge is -2.02. The number of H-pyrrole nitrogens is 1. The molecule has 0 atom stereocenters. The Labute approximate surface area is 163 Å². The number of nitrogens with zero attached hydrogens (tertiary/aromatic N) is 1. The fourth-order valence-electron chi connectivity index (χ4n) is 2.46. The number of hydrogen-bond donors (Lipinski definition) is 2. The van der Waals surface area contributed by atoms with E-state index < -0.39 is 5.91 Å². The largest absolute Gasteiger partial charge is 0.460 e. The van der Waals surface area contributed by atoms with Gasteiger partial charge in [-0.2, -0.15) is 10.1 Å². The van der Waals surface area contributed by atoms with E-state index in [0.29, 0.717) is 6.42 Å². The molecule has 0 spiro atoms. The summed E-state index contributed by atoms with van der Waals surface area (Å²) in [5.41, 5.74) is 9.64. The van der Waals surface area contributed by atoms with Gasteiger partial charge in [-0.3, -0.25) is 4.79 Å².